The van der Waals surface area contributed by atoms with Crippen molar-refractivity contribution in [1.82, 2.24) is 4.90 Å². The second kappa shape index (κ2) is 9.58. The summed E-state index contributed by atoms with van der Waals surface area (Å²) in [4.78, 5) is 13.6. The average molecular weight is 320 g/mol. The van der Waals surface area contributed by atoms with Gasteiger partial charge in [-0.05, 0) is 37.6 Å². The third kappa shape index (κ3) is 6.63. The van der Waals surface area contributed by atoms with E-state index in [0.717, 1.165) is 37.0 Å². The lowest BCUT2D eigenvalue weighted by Crippen LogP contribution is -2.49. The number of nitrogens with two attached hydrogens (primary N) is 1. The van der Waals surface area contributed by atoms with Gasteiger partial charge >= 0.3 is 5.97 Å². The van der Waals surface area contributed by atoms with Crippen molar-refractivity contribution >= 4 is 13.8 Å². The standard InChI is InChI=1S/C17H29BN2O3/c1-20(13-14-5-7-15(23-2)8-6-14)12-10-17(19,16(21)22)9-3-4-11-18/h5-8H,3-4,9-13,18-19H2,1-2H3,(H,21,22). The molecule has 23 heavy (non-hydrogen) atoms. The molecule has 0 radical (unpaired) electrons. The third-order valence-electron chi connectivity index (χ3n) is 4.20. The Labute approximate surface area is 140 Å². The second-order valence-corrected chi connectivity index (χ2v) is 6.25. The zero-order valence-electron chi connectivity index (χ0n) is 14.5. The number of hydrogen-bond acceptors (Lipinski definition) is 4. The number of hydrogen-bond donors (Lipinski definition) is 2. The van der Waals surface area contributed by atoms with Crippen molar-refractivity contribution in [1.29, 1.82) is 0 Å². The molecule has 0 fully saturated rings. The number of carboxylic acid groups (broad SMARTS) is 1. The molecule has 0 aliphatic heterocycles. The highest BCUT2D eigenvalue weighted by Gasteiger charge is 2.33. The van der Waals surface area contributed by atoms with Gasteiger partial charge in [-0.1, -0.05) is 31.3 Å². The van der Waals surface area contributed by atoms with E-state index in [1.807, 2.05) is 31.3 Å². The maximum Gasteiger partial charge on any atom is 0.323 e. The Bertz CT molecular complexity index is 481. The molecule has 0 heterocycles. The van der Waals surface area contributed by atoms with Crippen LogP contribution in [0.2, 0.25) is 6.32 Å². The Kier molecular flexibility index (Phi) is 8.13. The fourth-order valence-corrected chi connectivity index (χ4v) is 2.54. The van der Waals surface area contributed by atoms with E-state index in [0.29, 0.717) is 19.4 Å². The van der Waals surface area contributed by atoms with E-state index in [2.05, 4.69) is 12.7 Å². The fourth-order valence-electron chi connectivity index (χ4n) is 2.54. The summed E-state index contributed by atoms with van der Waals surface area (Å²) in [5.41, 5.74) is 6.16. The zero-order valence-corrected chi connectivity index (χ0v) is 14.5. The predicted octanol–water partition coefficient (Wildman–Crippen LogP) is 1.52. The number of carbonyl (C=O) groups is 1. The Balaban J connectivity index is 2.50. The van der Waals surface area contributed by atoms with E-state index < -0.39 is 11.5 Å². The van der Waals surface area contributed by atoms with Crippen LogP contribution in [0, 0.1) is 0 Å². The molecule has 3 N–H and O–H groups in total. The first-order chi connectivity index (χ1) is 10.9. The minimum absolute atomic E-state index is 0.457. The van der Waals surface area contributed by atoms with Gasteiger partial charge in [-0.15, -0.1) is 0 Å². The van der Waals surface area contributed by atoms with E-state index in [9.17, 15) is 9.90 Å². The van der Waals surface area contributed by atoms with E-state index in [4.69, 9.17) is 10.5 Å². The van der Waals surface area contributed by atoms with E-state index in [1.54, 1.807) is 7.11 Å². The molecule has 6 heteroatoms. The number of ether oxygens (including phenoxy) is 1. The van der Waals surface area contributed by atoms with Gasteiger partial charge in [0.05, 0.1) is 7.11 Å². The highest BCUT2D eigenvalue weighted by Crippen LogP contribution is 2.18. The van der Waals surface area contributed by atoms with Gasteiger partial charge in [0.2, 0.25) is 0 Å². The van der Waals surface area contributed by atoms with Crippen LogP contribution in [0.5, 0.6) is 5.75 Å². The molecule has 0 aliphatic rings. The number of unbranched alkanes of at least 4 members (excludes halogenated alkanes) is 1. The molecule has 0 aliphatic carbocycles. The van der Waals surface area contributed by atoms with Crippen LogP contribution >= 0.6 is 0 Å². The lowest BCUT2D eigenvalue weighted by molar-refractivity contribution is -0.144. The Morgan fingerprint density at radius 3 is 2.48 bits per heavy atom. The maximum absolute atomic E-state index is 11.5. The summed E-state index contributed by atoms with van der Waals surface area (Å²) in [5.74, 6) is -0.0642. The Morgan fingerprint density at radius 1 is 1.30 bits per heavy atom. The molecule has 5 nitrogen and oxygen atoms in total. The minimum Gasteiger partial charge on any atom is -0.497 e. The molecule has 1 aromatic carbocycles. The molecular weight excluding hydrogens is 291 g/mol. The van der Waals surface area contributed by atoms with Crippen molar-refractivity contribution < 1.29 is 14.6 Å². The first-order valence-corrected chi connectivity index (χ1v) is 8.25. The molecule has 0 amide bonds. The van der Waals surface area contributed by atoms with Crippen LogP contribution in [-0.2, 0) is 11.3 Å². The number of rotatable bonds is 11. The molecule has 1 rings (SSSR count). The normalized spacial score (nSPS) is 13.7. The first kappa shape index (κ1) is 19.5. The molecular formula is C17H29BN2O3. The van der Waals surface area contributed by atoms with Crippen LogP contribution in [0.25, 0.3) is 0 Å². The minimum atomic E-state index is -1.12. The molecule has 0 saturated carbocycles. The molecule has 0 bridgehead atoms. The molecule has 128 valence electrons. The number of aliphatic carboxylic acids is 1. The van der Waals surface area contributed by atoms with Gasteiger partial charge in [0.15, 0.2) is 0 Å². The molecule has 1 atom stereocenters. The van der Waals surface area contributed by atoms with Gasteiger partial charge in [-0.2, -0.15) is 0 Å². The van der Waals surface area contributed by atoms with Crippen LogP contribution in [0.15, 0.2) is 24.3 Å². The summed E-state index contributed by atoms with van der Waals surface area (Å²) < 4.78 is 5.14. The van der Waals surface area contributed by atoms with Crippen molar-refractivity contribution in [2.75, 3.05) is 20.7 Å². The summed E-state index contributed by atoms with van der Waals surface area (Å²) in [5, 5.41) is 9.43. The van der Waals surface area contributed by atoms with Gasteiger partial charge in [-0.3, -0.25) is 4.79 Å². The molecule has 1 aromatic rings. The number of carboxylic acids is 1. The van der Waals surface area contributed by atoms with Crippen LogP contribution < -0.4 is 10.5 Å². The zero-order chi connectivity index (χ0) is 17.3. The van der Waals surface area contributed by atoms with Crippen molar-refractivity contribution in [2.24, 2.45) is 5.73 Å². The van der Waals surface area contributed by atoms with Crippen molar-refractivity contribution in [3.05, 3.63) is 29.8 Å². The summed E-state index contributed by atoms with van der Waals surface area (Å²) >= 11 is 0. The SMILES string of the molecule is BCCCCC(N)(CCN(C)Cc1ccc(OC)cc1)C(=O)O. The number of benzene rings is 1. The van der Waals surface area contributed by atoms with Crippen molar-refractivity contribution in [3.63, 3.8) is 0 Å². The lowest BCUT2D eigenvalue weighted by Gasteiger charge is -2.27. The largest absolute Gasteiger partial charge is 0.497 e. The van der Waals surface area contributed by atoms with Crippen LogP contribution in [0.4, 0.5) is 0 Å². The average Bonchev–Trinajstić information content (AvgIpc) is 2.54. The van der Waals surface area contributed by atoms with Gasteiger partial charge in [0.1, 0.15) is 19.1 Å². The number of nitrogens with zero attached hydrogens (tertiary/aromatic N) is 1. The molecule has 0 aromatic heterocycles. The molecule has 1 unspecified atom stereocenters. The Hall–Kier alpha value is -1.53. The monoisotopic (exact) mass is 320 g/mol. The maximum atomic E-state index is 11.5. The topological polar surface area (TPSA) is 75.8 Å². The summed E-state index contributed by atoms with van der Waals surface area (Å²) in [6.07, 6.45) is 3.94. The fraction of sp³-hybridized carbons (Fsp3) is 0.588. The van der Waals surface area contributed by atoms with Crippen LogP contribution in [0.1, 0.15) is 31.2 Å². The molecule has 0 saturated heterocycles. The van der Waals surface area contributed by atoms with E-state index >= 15 is 0 Å². The van der Waals surface area contributed by atoms with E-state index in [-0.39, 0.29) is 0 Å². The first-order valence-electron chi connectivity index (χ1n) is 8.25. The third-order valence-corrected chi connectivity index (χ3v) is 4.20. The molecule has 0 spiro atoms. The highest BCUT2D eigenvalue weighted by molar-refractivity contribution is 6.08. The lowest BCUT2D eigenvalue weighted by atomic mass is 9.88. The van der Waals surface area contributed by atoms with Crippen LogP contribution in [0.3, 0.4) is 0 Å². The van der Waals surface area contributed by atoms with Gasteiger partial charge in [-0.25, -0.2) is 0 Å². The quantitative estimate of drug-likeness (QED) is 0.478. The smallest absolute Gasteiger partial charge is 0.323 e. The van der Waals surface area contributed by atoms with Crippen LogP contribution in [-0.4, -0.2) is 50.1 Å². The predicted molar refractivity (Wildman–Crippen MR) is 95.7 cm³/mol. The van der Waals surface area contributed by atoms with E-state index in [1.165, 1.54) is 0 Å². The van der Waals surface area contributed by atoms with Crippen molar-refractivity contribution in [3.8, 4) is 5.75 Å². The summed E-state index contributed by atoms with van der Waals surface area (Å²) in [6.45, 7) is 1.41. The Morgan fingerprint density at radius 2 is 1.96 bits per heavy atom. The van der Waals surface area contributed by atoms with Crippen molar-refractivity contribution in [2.45, 2.75) is 44.1 Å². The van der Waals surface area contributed by atoms with Gasteiger partial charge < -0.3 is 20.5 Å². The summed E-state index contributed by atoms with van der Waals surface area (Å²) in [6, 6.07) is 7.89. The van der Waals surface area contributed by atoms with Gasteiger partial charge in [0, 0.05) is 13.1 Å². The second-order valence-electron chi connectivity index (χ2n) is 6.25. The van der Waals surface area contributed by atoms with Gasteiger partial charge in [0.25, 0.3) is 0 Å². The number of methoxy groups -OCH3 is 1. The summed E-state index contributed by atoms with van der Waals surface area (Å²) in [7, 11) is 5.73. The highest BCUT2D eigenvalue weighted by atomic mass is 16.5.